The molecule has 0 aromatic carbocycles. The number of nitrogens with two attached hydrogens (primary N) is 1. The smallest absolute Gasteiger partial charge is 0.0851 e. The molecule has 1 aliphatic carbocycles. The normalized spacial score (nSPS) is 19.6. The Bertz CT molecular complexity index is 432. The number of rotatable bonds is 7. The highest BCUT2D eigenvalue weighted by Crippen LogP contribution is 2.35. The largest absolute Gasteiger partial charge is 0.374 e. The van der Waals surface area contributed by atoms with Gasteiger partial charge < -0.3 is 4.74 Å². The minimum Gasteiger partial charge on any atom is -0.374 e. The predicted molar refractivity (Wildman–Crippen MR) is 84.8 cm³/mol. The van der Waals surface area contributed by atoms with Crippen LogP contribution in [0.15, 0.2) is 6.07 Å². The molecule has 5 heteroatoms. The fourth-order valence-corrected chi connectivity index (χ4v) is 3.57. The maximum absolute atomic E-state index is 6.20. The van der Waals surface area contributed by atoms with Gasteiger partial charge in [-0.15, -0.1) is 0 Å². The predicted octanol–water partition coefficient (Wildman–Crippen LogP) is 2.10. The Labute approximate surface area is 128 Å². The zero-order valence-electron chi connectivity index (χ0n) is 13.7. The Balaban J connectivity index is 2.17. The van der Waals surface area contributed by atoms with Gasteiger partial charge in [0, 0.05) is 25.8 Å². The lowest BCUT2D eigenvalue weighted by Gasteiger charge is -2.43. The molecule has 0 radical (unpaired) electrons. The van der Waals surface area contributed by atoms with Gasteiger partial charge >= 0.3 is 0 Å². The molecule has 21 heavy (non-hydrogen) atoms. The van der Waals surface area contributed by atoms with Crippen LogP contribution in [-0.4, -0.2) is 28.0 Å². The number of ether oxygens (including phenoxy) is 1. The minimum atomic E-state index is -0.127. The summed E-state index contributed by atoms with van der Waals surface area (Å²) in [6, 6.07) is 2.32. The third-order valence-electron chi connectivity index (χ3n) is 4.77. The summed E-state index contributed by atoms with van der Waals surface area (Å²) in [7, 11) is 2.01. The van der Waals surface area contributed by atoms with Gasteiger partial charge in [-0.05, 0) is 32.3 Å². The van der Waals surface area contributed by atoms with Gasteiger partial charge in [-0.25, -0.2) is 0 Å². The van der Waals surface area contributed by atoms with Crippen LogP contribution in [0.2, 0.25) is 0 Å². The molecule has 1 atom stereocenters. The molecule has 0 bridgehead atoms. The van der Waals surface area contributed by atoms with E-state index < -0.39 is 0 Å². The fraction of sp³-hybridized carbons (Fsp3) is 0.812. The van der Waals surface area contributed by atoms with Crippen molar-refractivity contribution in [2.45, 2.75) is 70.4 Å². The third kappa shape index (κ3) is 3.65. The first-order valence-corrected chi connectivity index (χ1v) is 8.27. The Morgan fingerprint density at radius 3 is 2.62 bits per heavy atom. The molecule has 5 nitrogen and oxygen atoms in total. The highest BCUT2D eigenvalue weighted by molar-refractivity contribution is 5.13. The summed E-state index contributed by atoms with van der Waals surface area (Å²) in [4.78, 5) is 0. The molecule has 120 valence electrons. The van der Waals surface area contributed by atoms with E-state index in [9.17, 15) is 0 Å². The molecule has 0 saturated heterocycles. The zero-order valence-corrected chi connectivity index (χ0v) is 13.7. The van der Waals surface area contributed by atoms with Crippen molar-refractivity contribution in [3.8, 4) is 0 Å². The van der Waals surface area contributed by atoms with Crippen molar-refractivity contribution >= 4 is 0 Å². The maximum Gasteiger partial charge on any atom is 0.0851 e. The van der Waals surface area contributed by atoms with Crippen molar-refractivity contribution in [3.63, 3.8) is 0 Å². The summed E-state index contributed by atoms with van der Waals surface area (Å²) in [5.74, 6) is 5.90. The number of hydrogen-bond acceptors (Lipinski definition) is 4. The lowest BCUT2D eigenvalue weighted by Crippen LogP contribution is -2.57. The Morgan fingerprint density at radius 2 is 2.10 bits per heavy atom. The standard InChI is InChI=1S/C16H30N4O/c1-4-13-11-14(20(3)19-13)12-15(18-17)16(21-5-2)9-7-6-8-10-16/h11,15,18H,4-10,12,17H2,1-3H3. The van der Waals surface area contributed by atoms with E-state index in [2.05, 4.69) is 30.4 Å². The topological polar surface area (TPSA) is 65.1 Å². The Hall–Kier alpha value is -0.910. The molecule has 1 aromatic rings. The summed E-state index contributed by atoms with van der Waals surface area (Å²) >= 11 is 0. The van der Waals surface area contributed by atoms with Crippen LogP contribution in [0.4, 0.5) is 0 Å². The third-order valence-corrected chi connectivity index (χ3v) is 4.77. The van der Waals surface area contributed by atoms with Gasteiger partial charge in [0.25, 0.3) is 0 Å². The number of hydrazine groups is 1. The molecule has 1 fully saturated rings. The summed E-state index contributed by atoms with van der Waals surface area (Å²) < 4.78 is 8.17. The highest BCUT2D eigenvalue weighted by atomic mass is 16.5. The van der Waals surface area contributed by atoms with E-state index in [0.717, 1.165) is 38.0 Å². The summed E-state index contributed by atoms with van der Waals surface area (Å²) in [5.41, 5.74) is 5.27. The molecule has 1 aromatic heterocycles. The minimum absolute atomic E-state index is 0.127. The van der Waals surface area contributed by atoms with Gasteiger partial charge in [-0.1, -0.05) is 26.2 Å². The van der Waals surface area contributed by atoms with Gasteiger partial charge in [-0.3, -0.25) is 16.0 Å². The fourth-order valence-electron chi connectivity index (χ4n) is 3.57. The first-order valence-electron chi connectivity index (χ1n) is 8.27. The lowest BCUT2D eigenvalue weighted by atomic mass is 9.77. The van der Waals surface area contributed by atoms with Crippen LogP contribution >= 0.6 is 0 Å². The molecule has 0 aliphatic heterocycles. The van der Waals surface area contributed by atoms with Crippen molar-refractivity contribution in [3.05, 3.63) is 17.5 Å². The monoisotopic (exact) mass is 294 g/mol. The average molecular weight is 294 g/mol. The van der Waals surface area contributed by atoms with Crippen molar-refractivity contribution < 1.29 is 4.74 Å². The molecule has 0 amide bonds. The van der Waals surface area contributed by atoms with E-state index >= 15 is 0 Å². The van der Waals surface area contributed by atoms with E-state index in [4.69, 9.17) is 10.6 Å². The molecular formula is C16H30N4O. The van der Waals surface area contributed by atoms with E-state index in [1.807, 2.05) is 11.7 Å². The molecule has 1 saturated carbocycles. The number of aromatic nitrogens is 2. The van der Waals surface area contributed by atoms with Crippen LogP contribution in [0.25, 0.3) is 0 Å². The van der Waals surface area contributed by atoms with Crippen LogP contribution in [0.1, 0.15) is 57.3 Å². The second-order valence-electron chi connectivity index (χ2n) is 6.09. The van der Waals surface area contributed by atoms with Crippen LogP contribution in [0, 0.1) is 0 Å². The lowest BCUT2D eigenvalue weighted by molar-refractivity contribution is -0.0901. The summed E-state index contributed by atoms with van der Waals surface area (Å²) in [5, 5.41) is 4.54. The Kier molecular flexibility index (Phi) is 5.79. The molecule has 0 spiro atoms. The number of nitrogens with zero attached hydrogens (tertiary/aromatic N) is 2. The highest BCUT2D eigenvalue weighted by Gasteiger charge is 2.40. The molecule has 1 unspecified atom stereocenters. The van der Waals surface area contributed by atoms with Gasteiger partial charge in [0.05, 0.1) is 17.3 Å². The van der Waals surface area contributed by atoms with Crippen LogP contribution in [0.5, 0.6) is 0 Å². The van der Waals surface area contributed by atoms with Crippen molar-refractivity contribution in [2.75, 3.05) is 6.61 Å². The number of nitrogens with one attached hydrogen (secondary N) is 1. The second kappa shape index (κ2) is 7.38. The number of aryl methyl sites for hydroxylation is 2. The van der Waals surface area contributed by atoms with Gasteiger partial charge in [-0.2, -0.15) is 5.10 Å². The van der Waals surface area contributed by atoms with E-state index in [1.54, 1.807) is 0 Å². The van der Waals surface area contributed by atoms with Crippen molar-refractivity contribution in [2.24, 2.45) is 12.9 Å². The second-order valence-corrected chi connectivity index (χ2v) is 6.09. The zero-order chi connectivity index (χ0) is 15.3. The molecule has 3 N–H and O–H groups in total. The first-order chi connectivity index (χ1) is 10.1. The quantitative estimate of drug-likeness (QED) is 0.597. The summed E-state index contributed by atoms with van der Waals surface area (Å²) in [6.07, 6.45) is 7.76. The molecule has 1 heterocycles. The van der Waals surface area contributed by atoms with E-state index in [0.29, 0.717) is 0 Å². The first kappa shape index (κ1) is 16.5. The SMILES string of the molecule is CCOC1(C(Cc2cc(CC)nn2C)NN)CCCCC1. The van der Waals surface area contributed by atoms with Gasteiger partial charge in [0.2, 0.25) is 0 Å². The van der Waals surface area contributed by atoms with E-state index in [1.165, 1.54) is 25.0 Å². The maximum atomic E-state index is 6.20. The average Bonchev–Trinajstić information content (AvgIpc) is 2.86. The summed E-state index contributed by atoms with van der Waals surface area (Å²) in [6.45, 7) is 4.95. The van der Waals surface area contributed by atoms with Crippen LogP contribution in [-0.2, 0) is 24.6 Å². The van der Waals surface area contributed by atoms with Crippen molar-refractivity contribution in [1.29, 1.82) is 0 Å². The molecular weight excluding hydrogens is 264 g/mol. The van der Waals surface area contributed by atoms with Crippen LogP contribution in [0.3, 0.4) is 0 Å². The molecule has 2 rings (SSSR count). The molecule has 1 aliphatic rings. The van der Waals surface area contributed by atoms with E-state index in [-0.39, 0.29) is 11.6 Å². The number of hydrogen-bond donors (Lipinski definition) is 2. The van der Waals surface area contributed by atoms with Gasteiger partial charge in [0.1, 0.15) is 0 Å². The van der Waals surface area contributed by atoms with Gasteiger partial charge in [0.15, 0.2) is 0 Å². The van der Waals surface area contributed by atoms with Crippen LogP contribution < -0.4 is 11.3 Å². The van der Waals surface area contributed by atoms with Crippen molar-refractivity contribution in [1.82, 2.24) is 15.2 Å². The Morgan fingerprint density at radius 1 is 1.38 bits per heavy atom.